The number of thiophene rings is 1. The van der Waals surface area contributed by atoms with E-state index in [0.29, 0.717) is 25.0 Å². The van der Waals surface area contributed by atoms with Gasteiger partial charge in [0, 0.05) is 30.4 Å². The third kappa shape index (κ3) is 3.94. The molecular weight excluding hydrogens is 308 g/mol. The number of piperidine rings is 1. The summed E-state index contributed by atoms with van der Waals surface area (Å²) in [7, 11) is 0. The molecule has 0 aromatic carbocycles. The summed E-state index contributed by atoms with van der Waals surface area (Å²) in [5, 5.41) is 7.09. The van der Waals surface area contributed by atoms with Gasteiger partial charge in [0.1, 0.15) is 0 Å². The zero-order valence-electron chi connectivity index (χ0n) is 13.8. The van der Waals surface area contributed by atoms with Gasteiger partial charge < -0.3 is 10.2 Å². The Labute approximate surface area is 142 Å². The Morgan fingerprint density at radius 1 is 1.17 bits per heavy atom. The largest absolute Gasteiger partial charge is 0.353 e. The van der Waals surface area contributed by atoms with E-state index in [-0.39, 0.29) is 17.7 Å². The minimum atomic E-state index is 0.0654. The maximum atomic E-state index is 12.5. The second-order valence-corrected chi connectivity index (χ2v) is 7.74. The first kappa shape index (κ1) is 16.5. The number of rotatable bonds is 3. The molecule has 1 aromatic rings. The second-order valence-electron chi connectivity index (χ2n) is 6.96. The van der Waals surface area contributed by atoms with Crippen molar-refractivity contribution in [3.8, 4) is 0 Å². The number of nitrogens with zero attached hydrogens (tertiary/aromatic N) is 1. The minimum Gasteiger partial charge on any atom is -0.353 e. The highest BCUT2D eigenvalue weighted by atomic mass is 32.1. The van der Waals surface area contributed by atoms with Crippen molar-refractivity contribution in [2.45, 2.75) is 51.5 Å². The molecule has 2 amide bonds. The van der Waals surface area contributed by atoms with Gasteiger partial charge >= 0.3 is 0 Å². The third-order valence-corrected chi connectivity index (χ3v) is 6.04. The molecule has 1 aliphatic carbocycles. The van der Waals surface area contributed by atoms with Gasteiger partial charge in [-0.1, -0.05) is 19.8 Å². The van der Waals surface area contributed by atoms with Crippen molar-refractivity contribution in [3.05, 3.63) is 22.4 Å². The van der Waals surface area contributed by atoms with E-state index in [1.54, 1.807) is 11.3 Å². The summed E-state index contributed by atoms with van der Waals surface area (Å²) in [6.07, 6.45) is 6.41. The van der Waals surface area contributed by atoms with Gasteiger partial charge in [-0.05, 0) is 43.0 Å². The first-order chi connectivity index (χ1) is 11.1. The number of hydrogen-bond donors (Lipinski definition) is 1. The molecule has 0 unspecified atom stereocenters. The Balaban J connectivity index is 1.48. The highest BCUT2D eigenvalue weighted by Crippen LogP contribution is 2.25. The lowest BCUT2D eigenvalue weighted by molar-refractivity contribution is -0.127. The van der Waals surface area contributed by atoms with Gasteiger partial charge in [0.05, 0.1) is 5.56 Å². The molecule has 2 aliphatic rings. The number of hydrogen-bond acceptors (Lipinski definition) is 3. The Morgan fingerprint density at radius 2 is 1.91 bits per heavy atom. The lowest BCUT2D eigenvalue weighted by atomic mass is 9.85. The Bertz CT molecular complexity index is 535. The monoisotopic (exact) mass is 334 g/mol. The maximum Gasteiger partial charge on any atom is 0.254 e. The van der Waals surface area contributed by atoms with Gasteiger partial charge in [0.15, 0.2) is 0 Å². The summed E-state index contributed by atoms with van der Waals surface area (Å²) in [6.45, 7) is 3.62. The van der Waals surface area contributed by atoms with E-state index >= 15 is 0 Å². The molecule has 0 bridgehead atoms. The molecule has 5 heteroatoms. The first-order valence-electron chi connectivity index (χ1n) is 8.77. The van der Waals surface area contributed by atoms with Crippen LogP contribution in [-0.2, 0) is 4.79 Å². The Kier molecular flexibility index (Phi) is 5.36. The molecule has 2 atom stereocenters. The lowest BCUT2D eigenvalue weighted by Gasteiger charge is -2.34. The van der Waals surface area contributed by atoms with Crippen LogP contribution in [0.5, 0.6) is 0 Å². The first-order valence-corrected chi connectivity index (χ1v) is 9.71. The quantitative estimate of drug-likeness (QED) is 0.922. The smallest absolute Gasteiger partial charge is 0.254 e. The number of carbonyl (C=O) groups is 2. The van der Waals surface area contributed by atoms with E-state index in [4.69, 9.17) is 0 Å². The van der Waals surface area contributed by atoms with Crippen LogP contribution >= 0.6 is 11.3 Å². The number of nitrogens with one attached hydrogen (secondary N) is 1. The zero-order chi connectivity index (χ0) is 16.2. The van der Waals surface area contributed by atoms with Crippen molar-refractivity contribution in [2.75, 3.05) is 13.1 Å². The molecule has 0 spiro atoms. The van der Waals surface area contributed by atoms with Crippen LogP contribution in [-0.4, -0.2) is 35.8 Å². The lowest BCUT2D eigenvalue weighted by Crippen LogP contribution is -2.47. The summed E-state index contributed by atoms with van der Waals surface area (Å²) < 4.78 is 0. The molecule has 3 rings (SSSR count). The van der Waals surface area contributed by atoms with Gasteiger partial charge in [-0.25, -0.2) is 0 Å². The van der Waals surface area contributed by atoms with E-state index < -0.39 is 0 Å². The van der Waals surface area contributed by atoms with Gasteiger partial charge in [-0.2, -0.15) is 11.3 Å². The molecule has 1 aromatic heterocycles. The van der Waals surface area contributed by atoms with E-state index in [0.717, 1.165) is 24.8 Å². The molecule has 126 valence electrons. The molecule has 23 heavy (non-hydrogen) atoms. The number of amides is 2. The molecule has 0 radical (unpaired) electrons. The fourth-order valence-corrected chi connectivity index (χ4v) is 4.37. The van der Waals surface area contributed by atoms with Crippen molar-refractivity contribution >= 4 is 23.2 Å². The van der Waals surface area contributed by atoms with Crippen molar-refractivity contribution in [1.29, 1.82) is 0 Å². The topological polar surface area (TPSA) is 49.4 Å². The van der Waals surface area contributed by atoms with Gasteiger partial charge in [0.2, 0.25) is 5.91 Å². The second kappa shape index (κ2) is 7.47. The van der Waals surface area contributed by atoms with Gasteiger partial charge in [-0.15, -0.1) is 0 Å². The SMILES string of the molecule is C[C@H]1CCCC[C@H]1NC(=O)C1CCN(C(=O)c2ccsc2)CC1. The number of carbonyl (C=O) groups excluding carboxylic acids is 2. The van der Waals surface area contributed by atoms with Crippen LogP contribution in [0.2, 0.25) is 0 Å². The van der Waals surface area contributed by atoms with Crippen LogP contribution in [0.15, 0.2) is 16.8 Å². The summed E-state index contributed by atoms with van der Waals surface area (Å²) in [5.41, 5.74) is 0.772. The minimum absolute atomic E-state index is 0.0654. The maximum absolute atomic E-state index is 12.5. The molecule has 1 aliphatic heterocycles. The molecule has 1 saturated carbocycles. The Morgan fingerprint density at radius 3 is 2.57 bits per heavy atom. The van der Waals surface area contributed by atoms with Crippen LogP contribution in [0.25, 0.3) is 0 Å². The molecule has 4 nitrogen and oxygen atoms in total. The fourth-order valence-electron chi connectivity index (χ4n) is 3.74. The number of likely N-dealkylation sites (tertiary alicyclic amines) is 1. The molecule has 2 heterocycles. The highest BCUT2D eigenvalue weighted by Gasteiger charge is 2.30. The highest BCUT2D eigenvalue weighted by molar-refractivity contribution is 7.08. The Hall–Kier alpha value is -1.36. The van der Waals surface area contributed by atoms with Crippen LogP contribution in [0.1, 0.15) is 55.8 Å². The van der Waals surface area contributed by atoms with E-state index in [9.17, 15) is 9.59 Å². The van der Waals surface area contributed by atoms with Crippen molar-refractivity contribution < 1.29 is 9.59 Å². The van der Waals surface area contributed by atoms with Crippen LogP contribution in [0, 0.1) is 11.8 Å². The molecule has 1 saturated heterocycles. The van der Waals surface area contributed by atoms with E-state index in [2.05, 4.69) is 12.2 Å². The van der Waals surface area contributed by atoms with Crippen molar-refractivity contribution in [1.82, 2.24) is 10.2 Å². The van der Waals surface area contributed by atoms with Gasteiger partial charge in [-0.3, -0.25) is 9.59 Å². The summed E-state index contributed by atoms with van der Waals surface area (Å²) >= 11 is 1.55. The molecule has 2 fully saturated rings. The molecule has 1 N–H and O–H groups in total. The summed E-state index contributed by atoms with van der Waals surface area (Å²) in [4.78, 5) is 26.7. The van der Waals surface area contributed by atoms with Gasteiger partial charge in [0.25, 0.3) is 5.91 Å². The fraction of sp³-hybridized carbons (Fsp3) is 0.667. The van der Waals surface area contributed by atoms with Crippen molar-refractivity contribution in [3.63, 3.8) is 0 Å². The predicted octanol–water partition coefficient (Wildman–Crippen LogP) is 3.30. The van der Waals surface area contributed by atoms with Crippen molar-refractivity contribution in [2.24, 2.45) is 11.8 Å². The average Bonchev–Trinajstić information content (AvgIpc) is 3.11. The molecular formula is C18H26N2O2S. The average molecular weight is 334 g/mol. The summed E-state index contributed by atoms with van der Waals surface area (Å²) in [5.74, 6) is 0.959. The third-order valence-electron chi connectivity index (χ3n) is 5.36. The van der Waals surface area contributed by atoms with Crippen LogP contribution < -0.4 is 5.32 Å². The standard InChI is InChI=1S/C18H26N2O2S/c1-13-4-2-3-5-16(13)19-17(21)14-6-9-20(10-7-14)18(22)15-8-11-23-12-15/h8,11-14,16H,2-7,9-10H2,1H3,(H,19,21)/t13-,16+/m0/s1. The van der Waals surface area contributed by atoms with Crippen LogP contribution in [0.4, 0.5) is 0 Å². The normalized spacial score (nSPS) is 26.0. The zero-order valence-corrected chi connectivity index (χ0v) is 14.6. The van der Waals surface area contributed by atoms with Crippen LogP contribution in [0.3, 0.4) is 0 Å². The summed E-state index contributed by atoms with van der Waals surface area (Å²) in [6, 6.07) is 2.22. The predicted molar refractivity (Wildman–Crippen MR) is 92.5 cm³/mol. The van der Waals surface area contributed by atoms with E-state index in [1.807, 2.05) is 21.7 Å². The van der Waals surface area contributed by atoms with E-state index in [1.165, 1.54) is 19.3 Å².